The maximum Gasteiger partial charge on any atom is 0.329 e. The predicted octanol–water partition coefficient (Wildman–Crippen LogP) is 2.83. The fourth-order valence-corrected chi connectivity index (χ4v) is 3.47. The maximum absolute atomic E-state index is 12.6. The van der Waals surface area contributed by atoms with Gasteiger partial charge in [0.15, 0.2) is 6.61 Å². The summed E-state index contributed by atoms with van der Waals surface area (Å²) >= 11 is 6.07. The number of anilines is 1. The van der Waals surface area contributed by atoms with E-state index in [4.69, 9.17) is 25.8 Å². The number of aryl methyl sites for hydroxylation is 1. The number of hydrogen-bond donors (Lipinski definition) is 1. The SMILES string of the molecule is COc1cc(OC)c(NC(=O)COC(=O)C(C)N2C(=O)c3ccc(C)cc3C2=O)cc1Cl. The summed E-state index contributed by atoms with van der Waals surface area (Å²) in [6.45, 7) is 2.52. The second kappa shape index (κ2) is 9.27. The van der Waals surface area contributed by atoms with Crippen LogP contribution in [0.15, 0.2) is 30.3 Å². The molecule has 9 nitrogen and oxygen atoms in total. The third-order valence-corrected chi connectivity index (χ3v) is 5.19. The van der Waals surface area contributed by atoms with Crippen LogP contribution in [0.5, 0.6) is 11.5 Å². The van der Waals surface area contributed by atoms with Gasteiger partial charge in [0.1, 0.15) is 17.5 Å². The van der Waals surface area contributed by atoms with E-state index in [1.807, 2.05) is 0 Å². The average Bonchev–Trinajstić information content (AvgIpc) is 3.01. The van der Waals surface area contributed by atoms with Crippen molar-refractivity contribution in [1.29, 1.82) is 0 Å². The summed E-state index contributed by atoms with van der Waals surface area (Å²) in [6.07, 6.45) is 0. The normalized spacial score (nSPS) is 13.5. The van der Waals surface area contributed by atoms with Gasteiger partial charge in [0.05, 0.1) is 36.1 Å². The highest BCUT2D eigenvalue weighted by atomic mass is 35.5. The lowest BCUT2D eigenvalue weighted by Crippen LogP contribution is -2.44. The number of carbonyl (C=O) groups excluding carboxylic acids is 4. The van der Waals surface area contributed by atoms with Crippen molar-refractivity contribution in [3.05, 3.63) is 52.0 Å². The van der Waals surface area contributed by atoms with Gasteiger partial charge >= 0.3 is 5.97 Å². The third kappa shape index (κ3) is 4.38. The highest BCUT2D eigenvalue weighted by molar-refractivity contribution is 6.32. The standard InChI is InChI=1S/C22H21ClN2O7/c1-11-5-6-13-14(7-11)21(28)25(20(13)27)12(2)22(29)32-10-19(26)24-16-8-15(23)17(30-3)9-18(16)31-4/h5-9,12H,10H2,1-4H3,(H,24,26). The van der Waals surface area contributed by atoms with Crippen LogP contribution in [0.25, 0.3) is 0 Å². The van der Waals surface area contributed by atoms with E-state index >= 15 is 0 Å². The molecule has 168 valence electrons. The number of imide groups is 1. The Morgan fingerprint density at radius 2 is 1.69 bits per heavy atom. The molecule has 0 bridgehead atoms. The van der Waals surface area contributed by atoms with Crippen molar-refractivity contribution >= 4 is 41.0 Å². The smallest absolute Gasteiger partial charge is 0.329 e. The Kier molecular flexibility index (Phi) is 6.69. The minimum atomic E-state index is -1.21. The molecule has 1 heterocycles. The topological polar surface area (TPSA) is 111 Å². The number of benzene rings is 2. The largest absolute Gasteiger partial charge is 0.495 e. The van der Waals surface area contributed by atoms with E-state index < -0.39 is 36.3 Å². The number of halogens is 1. The number of rotatable bonds is 7. The number of fused-ring (bicyclic) bond motifs is 1. The van der Waals surface area contributed by atoms with Crippen LogP contribution in [0, 0.1) is 6.92 Å². The monoisotopic (exact) mass is 460 g/mol. The lowest BCUT2D eigenvalue weighted by atomic mass is 10.1. The van der Waals surface area contributed by atoms with Crippen LogP contribution < -0.4 is 14.8 Å². The Hall–Kier alpha value is -3.59. The molecule has 1 N–H and O–H groups in total. The zero-order valence-electron chi connectivity index (χ0n) is 17.9. The number of hydrogen-bond acceptors (Lipinski definition) is 7. The van der Waals surface area contributed by atoms with Crippen molar-refractivity contribution in [2.24, 2.45) is 0 Å². The van der Waals surface area contributed by atoms with Gasteiger partial charge in [-0.1, -0.05) is 23.2 Å². The highest BCUT2D eigenvalue weighted by Gasteiger charge is 2.41. The predicted molar refractivity (Wildman–Crippen MR) is 115 cm³/mol. The van der Waals surface area contributed by atoms with Gasteiger partial charge in [-0.25, -0.2) is 4.79 Å². The van der Waals surface area contributed by atoms with Gasteiger partial charge in [0.25, 0.3) is 17.7 Å². The molecule has 1 aliphatic heterocycles. The number of carbonyl (C=O) groups is 4. The summed E-state index contributed by atoms with van der Waals surface area (Å²) in [7, 11) is 2.85. The Morgan fingerprint density at radius 1 is 1.03 bits per heavy atom. The first-order valence-electron chi connectivity index (χ1n) is 9.54. The Labute approximate surface area is 189 Å². The van der Waals surface area contributed by atoms with E-state index in [9.17, 15) is 19.2 Å². The molecule has 3 amide bonds. The number of nitrogens with one attached hydrogen (secondary N) is 1. The minimum absolute atomic E-state index is 0.224. The molecule has 0 radical (unpaired) electrons. The van der Waals surface area contributed by atoms with Crippen molar-refractivity contribution in [2.45, 2.75) is 19.9 Å². The minimum Gasteiger partial charge on any atom is -0.495 e. The van der Waals surface area contributed by atoms with Gasteiger partial charge in [-0.15, -0.1) is 0 Å². The summed E-state index contributed by atoms with van der Waals surface area (Å²) in [4.78, 5) is 50.8. The first kappa shape index (κ1) is 23.1. The van der Waals surface area contributed by atoms with Gasteiger partial charge in [-0.05, 0) is 32.0 Å². The molecule has 2 aromatic rings. The van der Waals surface area contributed by atoms with E-state index in [0.29, 0.717) is 11.5 Å². The molecule has 0 saturated heterocycles. The second-order valence-electron chi connectivity index (χ2n) is 7.05. The lowest BCUT2D eigenvalue weighted by Gasteiger charge is -2.20. The zero-order chi connectivity index (χ0) is 23.6. The van der Waals surface area contributed by atoms with Crippen LogP contribution in [0.2, 0.25) is 5.02 Å². The molecule has 3 rings (SSSR count). The van der Waals surface area contributed by atoms with Gasteiger partial charge in [-0.2, -0.15) is 0 Å². The van der Waals surface area contributed by atoms with Crippen LogP contribution >= 0.6 is 11.6 Å². The maximum atomic E-state index is 12.6. The van der Waals surface area contributed by atoms with Crippen LogP contribution in [0.4, 0.5) is 5.69 Å². The molecule has 0 aliphatic carbocycles. The van der Waals surface area contributed by atoms with Crippen molar-refractivity contribution in [3.8, 4) is 11.5 Å². The summed E-state index contributed by atoms with van der Waals surface area (Å²) < 4.78 is 15.3. The Balaban J connectivity index is 1.64. The number of ether oxygens (including phenoxy) is 3. The molecular formula is C22H21ClN2O7. The van der Waals surface area contributed by atoms with E-state index in [0.717, 1.165) is 10.5 Å². The first-order valence-corrected chi connectivity index (χ1v) is 9.92. The molecule has 32 heavy (non-hydrogen) atoms. The average molecular weight is 461 g/mol. The highest BCUT2D eigenvalue weighted by Crippen LogP contribution is 2.35. The lowest BCUT2D eigenvalue weighted by molar-refractivity contribution is -0.150. The van der Waals surface area contributed by atoms with Gasteiger partial charge < -0.3 is 19.5 Å². The molecule has 0 fully saturated rings. The number of amides is 3. The van der Waals surface area contributed by atoms with Gasteiger partial charge in [0, 0.05) is 6.07 Å². The molecule has 0 aromatic heterocycles. The molecular weight excluding hydrogens is 440 g/mol. The molecule has 0 saturated carbocycles. The molecule has 1 aliphatic rings. The van der Waals surface area contributed by atoms with Gasteiger partial charge in [-0.3, -0.25) is 19.3 Å². The van der Waals surface area contributed by atoms with Crippen LogP contribution in [0.1, 0.15) is 33.2 Å². The Bertz CT molecular complexity index is 1120. The van der Waals surface area contributed by atoms with E-state index in [-0.39, 0.29) is 21.8 Å². The molecule has 10 heteroatoms. The first-order chi connectivity index (χ1) is 15.2. The third-order valence-electron chi connectivity index (χ3n) is 4.90. The van der Waals surface area contributed by atoms with E-state index in [1.165, 1.54) is 33.3 Å². The summed E-state index contributed by atoms with van der Waals surface area (Å²) in [5.74, 6) is -2.08. The fourth-order valence-electron chi connectivity index (χ4n) is 3.23. The van der Waals surface area contributed by atoms with E-state index in [1.54, 1.807) is 25.1 Å². The molecule has 0 spiro atoms. The number of nitrogens with zero attached hydrogens (tertiary/aromatic N) is 1. The summed E-state index contributed by atoms with van der Waals surface area (Å²) in [6, 6.07) is 6.57. The second-order valence-corrected chi connectivity index (χ2v) is 7.46. The van der Waals surface area contributed by atoms with Gasteiger partial charge in [0.2, 0.25) is 0 Å². The Morgan fingerprint density at radius 3 is 2.34 bits per heavy atom. The van der Waals surface area contributed by atoms with Crippen LogP contribution in [-0.2, 0) is 14.3 Å². The molecule has 1 unspecified atom stereocenters. The van der Waals surface area contributed by atoms with Crippen molar-refractivity contribution in [1.82, 2.24) is 4.90 Å². The van der Waals surface area contributed by atoms with Crippen molar-refractivity contribution in [3.63, 3.8) is 0 Å². The summed E-state index contributed by atoms with van der Waals surface area (Å²) in [5.41, 5.74) is 1.52. The molecule has 1 atom stereocenters. The molecule has 2 aromatic carbocycles. The van der Waals surface area contributed by atoms with Crippen LogP contribution in [-0.4, -0.2) is 55.5 Å². The van der Waals surface area contributed by atoms with E-state index in [2.05, 4.69) is 5.32 Å². The summed E-state index contributed by atoms with van der Waals surface area (Å²) in [5, 5.41) is 2.77. The quantitative estimate of drug-likeness (QED) is 0.499. The zero-order valence-corrected chi connectivity index (χ0v) is 18.6. The number of methoxy groups -OCH3 is 2. The van der Waals surface area contributed by atoms with Crippen molar-refractivity contribution < 1.29 is 33.4 Å². The van der Waals surface area contributed by atoms with Crippen LogP contribution in [0.3, 0.4) is 0 Å². The fraction of sp³-hybridized carbons (Fsp3) is 0.273. The number of esters is 1. The van der Waals surface area contributed by atoms with Crippen molar-refractivity contribution in [2.75, 3.05) is 26.1 Å².